The molecule has 1 unspecified atom stereocenters. The van der Waals surface area contributed by atoms with E-state index in [1.807, 2.05) is 6.92 Å². The van der Waals surface area contributed by atoms with Gasteiger partial charge in [0.15, 0.2) is 0 Å². The molecule has 1 aliphatic heterocycles. The van der Waals surface area contributed by atoms with Crippen molar-refractivity contribution in [2.75, 3.05) is 19.7 Å². The number of carbonyl (C=O) groups excluding carboxylic acids is 1. The van der Waals surface area contributed by atoms with Gasteiger partial charge in [-0.25, -0.2) is 5.48 Å². The third kappa shape index (κ3) is 1.95. The third-order valence-corrected chi connectivity index (χ3v) is 2.71. The van der Waals surface area contributed by atoms with Gasteiger partial charge in [0, 0.05) is 5.92 Å². The van der Waals surface area contributed by atoms with Crippen molar-refractivity contribution in [2.45, 2.75) is 6.92 Å². The quantitative estimate of drug-likeness (QED) is 0.637. The number of rotatable bonds is 3. The van der Waals surface area contributed by atoms with Crippen molar-refractivity contribution in [2.24, 2.45) is 17.8 Å². The number of hydrogen-bond donors (Lipinski definition) is 2. The lowest BCUT2D eigenvalue weighted by Gasteiger charge is -2.05. The predicted molar refractivity (Wildman–Crippen MR) is 50.4 cm³/mol. The Bertz CT molecular complexity index is 191. The minimum absolute atomic E-state index is 0. The molecule has 2 N–H and O–H groups in total. The summed E-state index contributed by atoms with van der Waals surface area (Å²) in [5.41, 5.74) is 2.46. The van der Waals surface area contributed by atoms with Crippen LogP contribution < -0.4 is 10.8 Å². The third-order valence-electron chi connectivity index (χ3n) is 2.71. The highest BCUT2D eigenvalue weighted by molar-refractivity contribution is 5.85. The number of hydrogen-bond acceptors (Lipinski definition) is 3. The topological polar surface area (TPSA) is 50.4 Å². The van der Waals surface area contributed by atoms with Gasteiger partial charge in [-0.3, -0.25) is 9.63 Å². The van der Waals surface area contributed by atoms with E-state index in [-0.39, 0.29) is 24.2 Å². The second-order valence-electron chi connectivity index (χ2n) is 3.41. The highest BCUT2D eigenvalue weighted by Crippen LogP contribution is 2.48. The number of hydroxylamine groups is 1. The number of amides is 1. The summed E-state index contributed by atoms with van der Waals surface area (Å²) in [6, 6.07) is 0. The fourth-order valence-electron chi connectivity index (χ4n) is 2.02. The molecule has 76 valence electrons. The Hall–Kier alpha value is -0.320. The predicted octanol–water partition coefficient (Wildman–Crippen LogP) is -0.0587. The first kappa shape index (κ1) is 10.8. The Morgan fingerprint density at radius 3 is 2.69 bits per heavy atom. The molecule has 1 amide bonds. The Morgan fingerprint density at radius 1 is 1.54 bits per heavy atom. The average Bonchev–Trinajstić information content (AvgIpc) is 2.56. The van der Waals surface area contributed by atoms with Crippen LogP contribution in [0.3, 0.4) is 0 Å². The van der Waals surface area contributed by atoms with Crippen molar-refractivity contribution in [1.29, 1.82) is 0 Å². The zero-order valence-corrected chi connectivity index (χ0v) is 8.39. The van der Waals surface area contributed by atoms with E-state index in [0.29, 0.717) is 18.4 Å². The van der Waals surface area contributed by atoms with Crippen LogP contribution >= 0.6 is 12.4 Å². The van der Waals surface area contributed by atoms with Crippen LogP contribution in [-0.4, -0.2) is 25.6 Å². The van der Waals surface area contributed by atoms with E-state index in [9.17, 15) is 4.79 Å². The maximum atomic E-state index is 11.3. The Labute approximate surface area is 83.8 Å². The summed E-state index contributed by atoms with van der Waals surface area (Å²) < 4.78 is 0. The van der Waals surface area contributed by atoms with Gasteiger partial charge in [0.25, 0.3) is 0 Å². The number of nitrogens with one attached hydrogen (secondary N) is 2. The van der Waals surface area contributed by atoms with Crippen LogP contribution in [0, 0.1) is 17.8 Å². The SMILES string of the molecule is CCONC(=O)C1[C@H]2CNC[C@@H]12.Cl. The summed E-state index contributed by atoms with van der Waals surface area (Å²) in [6.07, 6.45) is 0. The molecule has 4 nitrogen and oxygen atoms in total. The molecule has 1 saturated carbocycles. The molecule has 0 radical (unpaired) electrons. The Balaban J connectivity index is 0.000000845. The maximum absolute atomic E-state index is 11.3. The lowest BCUT2D eigenvalue weighted by molar-refractivity contribution is -0.135. The lowest BCUT2D eigenvalue weighted by atomic mass is 10.3. The van der Waals surface area contributed by atoms with Crippen molar-refractivity contribution in [3.8, 4) is 0 Å². The van der Waals surface area contributed by atoms with Gasteiger partial charge in [-0.1, -0.05) is 0 Å². The smallest absolute Gasteiger partial charge is 0.247 e. The summed E-state index contributed by atoms with van der Waals surface area (Å²) in [5, 5.41) is 3.24. The second kappa shape index (κ2) is 4.26. The van der Waals surface area contributed by atoms with Crippen LogP contribution in [0.2, 0.25) is 0 Å². The first-order chi connectivity index (χ1) is 5.84. The average molecular weight is 207 g/mol. The summed E-state index contributed by atoms with van der Waals surface area (Å²) >= 11 is 0. The highest BCUT2D eigenvalue weighted by Gasteiger charge is 2.56. The van der Waals surface area contributed by atoms with Gasteiger partial charge in [0.2, 0.25) is 5.91 Å². The normalized spacial score (nSPS) is 34.7. The van der Waals surface area contributed by atoms with Gasteiger partial charge in [-0.15, -0.1) is 12.4 Å². The van der Waals surface area contributed by atoms with Gasteiger partial charge >= 0.3 is 0 Å². The molecule has 0 spiro atoms. The van der Waals surface area contributed by atoms with Gasteiger partial charge in [-0.2, -0.15) is 0 Å². The van der Waals surface area contributed by atoms with Gasteiger partial charge in [0.1, 0.15) is 0 Å². The van der Waals surface area contributed by atoms with E-state index < -0.39 is 0 Å². The number of piperidine rings is 1. The summed E-state index contributed by atoms with van der Waals surface area (Å²) in [5.74, 6) is 1.43. The van der Waals surface area contributed by atoms with E-state index in [4.69, 9.17) is 4.84 Å². The van der Waals surface area contributed by atoms with Crippen molar-refractivity contribution in [3.63, 3.8) is 0 Å². The minimum atomic E-state index is 0. The van der Waals surface area contributed by atoms with E-state index >= 15 is 0 Å². The van der Waals surface area contributed by atoms with Crippen LogP contribution in [-0.2, 0) is 9.63 Å². The first-order valence-corrected chi connectivity index (χ1v) is 4.47. The van der Waals surface area contributed by atoms with Crippen LogP contribution in [0.15, 0.2) is 0 Å². The fourth-order valence-corrected chi connectivity index (χ4v) is 2.02. The molecule has 1 aliphatic carbocycles. The zero-order chi connectivity index (χ0) is 8.55. The van der Waals surface area contributed by atoms with Crippen molar-refractivity contribution in [3.05, 3.63) is 0 Å². The molecule has 1 saturated heterocycles. The van der Waals surface area contributed by atoms with E-state index in [1.165, 1.54) is 0 Å². The van der Waals surface area contributed by atoms with Crippen LogP contribution in [0.4, 0.5) is 0 Å². The number of halogens is 1. The Kier molecular flexibility index (Phi) is 3.53. The number of fused-ring (bicyclic) bond motifs is 1. The van der Waals surface area contributed by atoms with Crippen LogP contribution in [0.25, 0.3) is 0 Å². The minimum Gasteiger partial charge on any atom is -0.316 e. The molecule has 0 aromatic carbocycles. The molecule has 0 bridgehead atoms. The molecule has 3 atom stereocenters. The van der Waals surface area contributed by atoms with Gasteiger partial charge < -0.3 is 5.32 Å². The molecule has 1 heterocycles. The van der Waals surface area contributed by atoms with Crippen molar-refractivity contribution in [1.82, 2.24) is 10.8 Å². The van der Waals surface area contributed by atoms with Gasteiger partial charge in [-0.05, 0) is 31.8 Å². The summed E-state index contributed by atoms with van der Waals surface area (Å²) in [4.78, 5) is 16.2. The van der Waals surface area contributed by atoms with E-state index in [0.717, 1.165) is 13.1 Å². The zero-order valence-electron chi connectivity index (χ0n) is 7.58. The first-order valence-electron chi connectivity index (χ1n) is 4.47. The molecule has 0 aromatic rings. The molecular weight excluding hydrogens is 192 g/mol. The molecule has 2 aliphatic rings. The summed E-state index contributed by atoms with van der Waals surface area (Å²) in [6.45, 7) is 4.38. The van der Waals surface area contributed by atoms with Crippen molar-refractivity contribution >= 4 is 18.3 Å². The molecule has 2 rings (SSSR count). The fraction of sp³-hybridized carbons (Fsp3) is 0.875. The standard InChI is InChI=1S/C8H14N2O2.ClH/c1-2-12-10-8(11)7-5-3-9-4-6(5)7;/h5-7,9H,2-4H2,1H3,(H,10,11);1H/t5-,6+,7?;. The van der Waals surface area contributed by atoms with Crippen molar-refractivity contribution < 1.29 is 9.63 Å². The van der Waals surface area contributed by atoms with E-state index in [2.05, 4.69) is 10.8 Å². The second-order valence-corrected chi connectivity index (χ2v) is 3.41. The molecule has 13 heavy (non-hydrogen) atoms. The molecular formula is C8H15ClN2O2. The van der Waals surface area contributed by atoms with Crippen LogP contribution in [0.1, 0.15) is 6.92 Å². The van der Waals surface area contributed by atoms with Crippen LogP contribution in [0.5, 0.6) is 0 Å². The molecule has 0 aromatic heterocycles. The van der Waals surface area contributed by atoms with E-state index in [1.54, 1.807) is 0 Å². The molecule has 2 fully saturated rings. The maximum Gasteiger partial charge on any atom is 0.247 e. The Morgan fingerprint density at radius 2 is 2.15 bits per heavy atom. The van der Waals surface area contributed by atoms with Gasteiger partial charge in [0.05, 0.1) is 6.61 Å². The summed E-state index contributed by atoms with van der Waals surface area (Å²) in [7, 11) is 0. The highest BCUT2D eigenvalue weighted by atomic mass is 35.5. The lowest BCUT2D eigenvalue weighted by Crippen LogP contribution is -2.29. The number of carbonyl (C=O) groups is 1. The monoisotopic (exact) mass is 206 g/mol. The molecule has 5 heteroatoms. The largest absolute Gasteiger partial charge is 0.316 e.